The van der Waals surface area contributed by atoms with Crippen LogP contribution in [0, 0.1) is 0 Å². The summed E-state index contributed by atoms with van der Waals surface area (Å²) in [6.45, 7) is 18.1. The van der Waals surface area contributed by atoms with Gasteiger partial charge in [-0.15, -0.1) is 0 Å². The lowest BCUT2D eigenvalue weighted by molar-refractivity contribution is 0.853. The van der Waals surface area contributed by atoms with Crippen LogP contribution in [0.25, 0.3) is 0 Å². The van der Waals surface area contributed by atoms with Gasteiger partial charge in [-0.3, -0.25) is 0 Å². The van der Waals surface area contributed by atoms with Crippen LogP contribution in [0.5, 0.6) is 0 Å². The summed E-state index contributed by atoms with van der Waals surface area (Å²) in [4.78, 5) is 25.4. The van der Waals surface area contributed by atoms with Gasteiger partial charge < -0.3 is 0 Å². The van der Waals surface area contributed by atoms with Gasteiger partial charge in [0.15, 0.2) is 2.74 Å². The van der Waals surface area contributed by atoms with E-state index in [1.165, 1.54) is 64.1 Å². The SMILES string of the molecule is CC(C)c1ccc2c3c1N=C=Nc1c(C(C)C)ccc4c1SC1(S3)Sc3c(ccc(C(C)C)c3N=C=Nc3c(C(C)C)ccc(c3S1)C4)C2. The van der Waals surface area contributed by atoms with E-state index in [0.717, 1.165) is 35.6 Å². The molecule has 5 bridgehead atoms. The number of hydrogen-bond donors (Lipinski definition) is 0. The molecule has 0 saturated heterocycles. The summed E-state index contributed by atoms with van der Waals surface area (Å²) in [6.07, 6.45) is 1.59. The molecule has 4 aliphatic rings. The lowest BCUT2D eigenvalue weighted by atomic mass is 9.94. The van der Waals surface area contributed by atoms with Crippen LogP contribution < -0.4 is 0 Å². The molecule has 4 heterocycles. The third-order valence-electron chi connectivity index (χ3n) is 9.78. The van der Waals surface area contributed by atoms with E-state index in [2.05, 4.69) is 116 Å². The molecule has 0 unspecified atom stereocenters. The highest BCUT2D eigenvalue weighted by atomic mass is 32.3. The zero-order chi connectivity index (χ0) is 34.2. The largest absolute Gasteiger partial charge is 0.186 e. The van der Waals surface area contributed by atoms with Crippen LogP contribution in [0.1, 0.15) is 124 Å². The van der Waals surface area contributed by atoms with E-state index in [1.54, 1.807) is 0 Å². The fourth-order valence-corrected chi connectivity index (χ4v) is 14.3. The third-order valence-corrected chi connectivity index (χ3v) is 16.4. The Labute approximate surface area is 307 Å². The number of aliphatic imine (C=N–C) groups is 4. The maximum atomic E-state index is 5.13. The Morgan fingerprint density at radius 1 is 0.429 bits per heavy atom. The maximum absolute atomic E-state index is 5.13. The van der Waals surface area contributed by atoms with Crippen LogP contribution in [0.3, 0.4) is 0 Å². The topological polar surface area (TPSA) is 49.4 Å². The summed E-state index contributed by atoms with van der Waals surface area (Å²) in [5.41, 5.74) is 14.0. The van der Waals surface area contributed by atoms with Crippen LogP contribution in [0.4, 0.5) is 22.7 Å². The van der Waals surface area contributed by atoms with Gasteiger partial charge >= 0.3 is 0 Å². The zero-order valence-electron chi connectivity index (χ0n) is 29.3. The van der Waals surface area contributed by atoms with Crippen LogP contribution >= 0.6 is 47.0 Å². The molecule has 1 spiro atoms. The molecule has 4 aliphatic heterocycles. The van der Waals surface area contributed by atoms with Gasteiger partial charge in [-0.2, -0.15) is 20.0 Å². The summed E-state index contributed by atoms with van der Waals surface area (Å²) in [5.74, 6) is 1.20. The van der Waals surface area contributed by atoms with Gasteiger partial charge in [0.2, 0.25) is 0 Å². The standard InChI is InChI=1S/C41H40N4S4/c1-21(2)29-13-9-25-17-26-10-14-31(23(5)6)35-38(26)47-41-46-37(25)33(29)42-19-43-34-30(22(3)4)15-11-27(39(34)48-41)18-28-12-16-32(24(7)8)36(40(28)49-41)45-20-44-35/h9-16,21-24H,17-18H2,1-8H3. The molecule has 4 aromatic carbocycles. The average Bonchev–Trinajstić information content (AvgIpc) is 3.03. The average molecular weight is 717 g/mol. The number of rotatable bonds is 4. The third kappa shape index (κ3) is 5.69. The van der Waals surface area contributed by atoms with Crippen molar-refractivity contribution in [2.45, 2.75) is 114 Å². The summed E-state index contributed by atoms with van der Waals surface area (Å²) in [7, 11) is 0. The Hall–Kier alpha value is -2.96. The van der Waals surface area contributed by atoms with Crippen molar-refractivity contribution < 1.29 is 0 Å². The molecule has 4 aromatic rings. The monoisotopic (exact) mass is 716 g/mol. The smallest absolute Gasteiger partial charge is 0.171 e. The summed E-state index contributed by atoms with van der Waals surface area (Å²) in [6, 6.07) is 25.0. The van der Waals surface area contributed by atoms with E-state index in [1.807, 2.05) is 47.0 Å². The van der Waals surface area contributed by atoms with Crippen LogP contribution in [-0.2, 0) is 12.8 Å². The molecule has 8 heteroatoms. The molecular formula is C41H40N4S4. The van der Waals surface area contributed by atoms with E-state index >= 15 is 0 Å². The molecule has 248 valence electrons. The first-order valence-corrected chi connectivity index (χ1v) is 20.5. The Morgan fingerprint density at radius 3 is 0.898 bits per heavy atom. The van der Waals surface area contributed by atoms with Crippen LogP contribution in [0.2, 0.25) is 0 Å². The van der Waals surface area contributed by atoms with Crippen molar-refractivity contribution in [3.05, 3.63) is 93.0 Å². The highest BCUT2D eigenvalue weighted by Crippen LogP contribution is 2.71. The molecule has 4 nitrogen and oxygen atoms in total. The fourth-order valence-electron chi connectivity index (χ4n) is 7.14. The van der Waals surface area contributed by atoms with E-state index in [-0.39, 0.29) is 0 Å². The first kappa shape index (κ1) is 33.2. The van der Waals surface area contributed by atoms with E-state index in [9.17, 15) is 0 Å². The quantitative estimate of drug-likeness (QED) is 0.186. The van der Waals surface area contributed by atoms with Crippen molar-refractivity contribution in [3.8, 4) is 0 Å². The van der Waals surface area contributed by atoms with Crippen LogP contribution in [-0.4, -0.2) is 14.8 Å². The van der Waals surface area contributed by atoms with Gasteiger partial charge in [0.05, 0.1) is 22.7 Å². The molecule has 0 radical (unpaired) electrons. The minimum atomic E-state index is -0.498. The number of nitrogens with zero attached hydrogens (tertiary/aromatic N) is 4. The second-order valence-corrected chi connectivity index (χ2v) is 20.9. The molecule has 0 fully saturated rings. The predicted molar refractivity (Wildman–Crippen MR) is 212 cm³/mol. The van der Waals surface area contributed by atoms with Gasteiger partial charge in [-0.25, -0.2) is 0 Å². The second kappa shape index (κ2) is 12.7. The highest BCUT2D eigenvalue weighted by molar-refractivity contribution is 8.48. The van der Waals surface area contributed by atoms with Gasteiger partial charge in [0.1, 0.15) is 12.0 Å². The molecule has 0 atom stereocenters. The Balaban J connectivity index is 1.58. The number of benzene rings is 4. The van der Waals surface area contributed by atoms with Crippen molar-refractivity contribution in [2.75, 3.05) is 0 Å². The van der Waals surface area contributed by atoms with Gasteiger partial charge in [-0.05, 0) is 81.0 Å². The highest BCUT2D eigenvalue weighted by Gasteiger charge is 2.45. The maximum Gasteiger partial charge on any atom is 0.171 e. The molecule has 8 rings (SSSR count). The minimum absolute atomic E-state index is 0.300. The van der Waals surface area contributed by atoms with Crippen molar-refractivity contribution in [2.24, 2.45) is 20.0 Å². The molecular weight excluding hydrogens is 677 g/mol. The van der Waals surface area contributed by atoms with Crippen molar-refractivity contribution >= 4 is 81.8 Å². The van der Waals surface area contributed by atoms with E-state index in [0.29, 0.717) is 23.7 Å². The van der Waals surface area contributed by atoms with Crippen molar-refractivity contribution in [1.82, 2.24) is 0 Å². The van der Waals surface area contributed by atoms with Gasteiger partial charge in [0.25, 0.3) is 0 Å². The molecule has 0 aromatic heterocycles. The van der Waals surface area contributed by atoms with Crippen LogP contribution in [0.15, 0.2) is 88.1 Å². The predicted octanol–water partition coefficient (Wildman–Crippen LogP) is 14.0. The van der Waals surface area contributed by atoms with Gasteiger partial charge in [-0.1, -0.05) is 151 Å². The molecule has 49 heavy (non-hydrogen) atoms. The fraction of sp³-hybridized carbons (Fsp3) is 0.366. The second-order valence-electron chi connectivity index (χ2n) is 14.5. The summed E-state index contributed by atoms with van der Waals surface area (Å²) >= 11 is 7.83. The lowest BCUT2D eigenvalue weighted by Gasteiger charge is -2.39. The lowest BCUT2D eigenvalue weighted by Crippen LogP contribution is -2.18. The Morgan fingerprint density at radius 2 is 0.673 bits per heavy atom. The zero-order valence-corrected chi connectivity index (χ0v) is 32.5. The van der Waals surface area contributed by atoms with Crippen molar-refractivity contribution in [3.63, 3.8) is 0 Å². The minimum Gasteiger partial charge on any atom is -0.186 e. The Kier molecular flexibility index (Phi) is 8.58. The Bertz CT molecular complexity index is 1880. The van der Waals surface area contributed by atoms with E-state index in [4.69, 9.17) is 20.0 Å². The number of hydrogen-bond acceptors (Lipinski definition) is 8. The first-order chi connectivity index (χ1) is 23.5. The summed E-state index contributed by atoms with van der Waals surface area (Å²) in [5, 5.41) is 0. The summed E-state index contributed by atoms with van der Waals surface area (Å²) < 4.78 is -0.498. The van der Waals surface area contributed by atoms with Gasteiger partial charge in [0, 0.05) is 19.6 Å². The molecule has 0 saturated carbocycles. The normalized spacial score (nSPS) is 18.4. The number of thioether (sulfide) groups is 4. The first-order valence-electron chi connectivity index (χ1n) is 17.3. The molecule has 0 N–H and O–H groups in total. The molecule has 0 aliphatic carbocycles. The van der Waals surface area contributed by atoms with Crippen molar-refractivity contribution in [1.29, 1.82) is 0 Å². The van der Waals surface area contributed by atoms with E-state index < -0.39 is 2.74 Å². The molecule has 0 amide bonds.